The van der Waals surface area contributed by atoms with Crippen LogP contribution in [0.25, 0.3) is 0 Å². The normalized spacial score (nSPS) is 13.8. The Kier molecular flexibility index (Phi) is 5.28. The minimum atomic E-state index is -1.40. The summed E-state index contributed by atoms with van der Waals surface area (Å²) in [6.45, 7) is 0. The number of nitrogens with zero attached hydrogens (tertiary/aromatic N) is 1. The molecule has 19 heavy (non-hydrogen) atoms. The van der Waals surface area contributed by atoms with Gasteiger partial charge >= 0.3 is 5.69 Å². The number of phenolic OH excluding ortho intramolecular Hbond substituents is 1. The van der Waals surface area contributed by atoms with Crippen LogP contribution >= 0.6 is 12.6 Å². The molecule has 0 fully saturated rings. The van der Waals surface area contributed by atoms with Gasteiger partial charge in [0.2, 0.25) is 5.75 Å². The van der Waals surface area contributed by atoms with Gasteiger partial charge in [-0.05, 0) is 23.8 Å². The van der Waals surface area contributed by atoms with E-state index in [9.17, 15) is 30.2 Å². The summed E-state index contributed by atoms with van der Waals surface area (Å²) < 4.78 is 0. The third-order valence-corrected chi connectivity index (χ3v) is 2.85. The van der Waals surface area contributed by atoms with Crippen molar-refractivity contribution in [2.75, 3.05) is 5.75 Å². The number of carbonyl (C=O) groups is 1. The monoisotopic (exact) mass is 287 g/mol. The molecule has 0 aliphatic carbocycles. The minimum Gasteiger partial charge on any atom is -0.502 e. The maximum absolute atomic E-state index is 10.7. The smallest absolute Gasteiger partial charge is 0.311 e. The van der Waals surface area contributed by atoms with E-state index in [1.807, 2.05) is 0 Å². The van der Waals surface area contributed by atoms with E-state index in [4.69, 9.17) is 0 Å². The average Bonchev–Trinajstić information content (AvgIpc) is 2.38. The molecule has 0 aliphatic rings. The quantitative estimate of drug-likeness (QED) is 0.266. The van der Waals surface area contributed by atoms with E-state index in [0.717, 1.165) is 12.1 Å². The van der Waals surface area contributed by atoms with Crippen LogP contribution in [-0.2, 0) is 0 Å². The molecule has 2 unspecified atom stereocenters. The highest BCUT2D eigenvalue weighted by molar-refractivity contribution is 7.80. The van der Waals surface area contributed by atoms with Crippen molar-refractivity contribution in [2.45, 2.75) is 18.6 Å². The Bertz CT molecular complexity index is 492. The van der Waals surface area contributed by atoms with Crippen molar-refractivity contribution in [2.24, 2.45) is 0 Å². The van der Waals surface area contributed by atoms with Gasteiger partial charge < -0.3 is 15.3 Å². The first-order valence-electron chi connectivity index (χ1n) is 5.35. The zero-order valence-electron chi connectivity index (χ0n) is 9.76. The van der Waals surface area contributed by atoms with Crippen molar-refractivity contribution in [3.63, 3.8) is 0 Å². The highest BCUT2D eigenvalue weighted by atomic mass is 32.1. The Hall–Kier alpha value is -1.64. The van der Waals surface area contributed by atoms with Gasteiger partial charge in [0.15, 0.2) is 6.29 Å². The number of rotatable bonds is 6. The van der Waals surface area contributed by atoms with E-state index in [2.05, 4.69) is 12.6 Å². The van der Waals surface area contributed by atoms with Gasteiger partial charge in [0.05, 0.1) is 16.6 Å². The van der Waals surface area contributed by atoms with E-state index in [1.165, 1.54) is 0 Å². The lowest BCUT2D eigenvalue weighted by Gasteiger charge is -2.17. The molecule has 0 aliphatic heterocycles. The molecule has 0 amide bonds. The summed E-state index contributed by atoms with van der Waals surface area (Å²) >= 11 is 3.90. The van der Waals surface area contributed by atoms with Gasteiger partial charge in [0, 0.05) is 6.07 Å². The highest BCUT2D eigenvalue weighted by Gasteiger charge is 2.24. The number of thiol groups is 1. The Morgan fingerprint density at radius 1 is 1.42 bits per heavy atom. The number of nitro benzene ring substituents is 1. The number of aromatic hydroxyl groups is 1. The van der Waals surface area contributed by atoms with Gasteiger partial charge in [-0.1, -0.05) is 0 Å². The highest BCUT2D eigenvalue weighted by Crippen LogP contribution is 2.33. The summed E-state index contributed by atoms with van der Waals surface area (Å²) in [7, 11) is 0. The number of carbonyl (C=O) groups excluding carboxylic acids is 1. The molecule has 1 aromatic rings. The number of nitro groups is 1. The Morgan fingerprint density at radius 3 is 2.53 bits per heavy atom. The molecule has 0 spiro atoms. The fourth-order valence-electron chi connectivity index (χ4n) is 1.58. The molecule has 0 saturated carbocycles. The maximum Gasteiger partial charge on any atom is 0.311 e. The van der Waals surface area contributed by atoms with Gasteiger partial charge in [-0.25, -0.2) is 0 Å². The zero-order valence-corrected chi connectivity index (χ0v) is 10.7. The van der Waals surface area contributed by atoms with E-state index >= 15 is 0 Å². The van der Waals surface area contributed by atoms with Crippen molar-refractivity contribution in [3.05, 3.63) is 33.4 Å². The Balaban J connectivity index is 3.25. The Labute approximate surface area is 114 Å². The average molecular weight is 287 g/mol. The fraction of sp³-hybridized carbons (Fsp3) is 0.364. The molecule has 0 radical (unpaired) electrons. The lowest BCUT2D eigenvalue weighted by molar-refractivity contribution is -0.386. The molecule has 3 N–H and O–H groups in total. The third kappa shape index (κ3) is 3.43. The standard InChI is InChI=1S/C11H13NO6S/c13-5-7-3-6(11(16)9(14)1-2-19)4-8(10(7)15)12(17)18/h3-5,9,11,14-16,19H,1-2H2. The van der Waals surface area contributed by atoms with Crippen LogP contribution in [0.5, 0.6) is 5.75 Å². The first kappa shape index (κ1) is 15.4. The van der Waals surface area contributed by atoms with E-state index in [0.29, 0.717) is 5.75 Å². The summed E-state index contributed by atoms with van der Waals surface area (Å²) in [4.78, 5) is 20.6. The lowest BCUT2D eigenvalue weighted by atomic mass is 9.99. The van der Waals surface area contributed by atoms with Crippen molar-refractivity contribution in [3.8, 4) is 5.75 Å². The predicted molar refractivity (Wildman–Crippen MR) is 69.6 cm³/mol. The third-order valence-electron chi connectivity index (χ3n) is 2.60. The molecule has 2 atom stereocenters. The number of aliphatic hydroxyl groups is 2. The number of hydrogen-bond acceptors (Lipinski definition) is 7. The molecule has 0 saturated heterocycles. The molecule has 0 bridgehead atoms. The first-order chi connectivity index (χ1) is 8.92. The lowest BCUT2D eigenvalue weighted by Crippen LogP contribution is -2.19. The van der Waals surface area contributed by atoms with Gasteiger partial charge in [0.1, 0.15) is 6.10 Å². The van der Waals surface area contributed by atoms with Crippen LogP contribution in [0.3, 0.4) is 0 Å². The van der Waals surface area contributed by atoms with Crippen LogP contribution in [0.1, 0.15) is 28.4 Å². The fourth-order valence-corrected chi connectivity index (χ4v) is 1.84. The first-order valence-corrected chi connectivity index (χ1v) is 5.99. The zero-order chi connectivity index (χ0) is 14.6. The van der Waals surface area contributed by atoms with Crippen LogP contribution in [0.4, 0.5) is 5.69 Å². The Morgan fingerprint density at radius 2 is 2.05 bits per heavy atom. The summed E-state index contributed by atoms with van der Waals surface area (Å²) in [5.41, 5.74) is -1.03. The molecular weight excluding hydrogens is 274 g/mol. The number of phenols is 1. The van der Waals surface area contributed by atoms with Crippen molar-refractivity contribution < 1.29 is 25.0 Å². The van der Waals surface area contributed by atoms with E-state index in [1.54, 1.807) is 0 Å². The number of aldehydes is 1. The molecular formula is C11H13NO6S. The minimum absolute atomic E-state index is 0.0131. The summed E-state index contributed by atoms with van der Waals surface area (Å²) in [6, 6.07) is 2.02. The topological polar surface area (TPSA) is 121 Å². The van der Waals surface area contributed by atoms with Crippen LogP contribution in [0, 0.1) is 10.1 Å². The van der Waals surface area contributed by atoms with Crippen LogP contribution in [0.2, 0.25) is 0 Å². The number of hydrogen-bond donors (Lipinski definition) is 4. The molecule has 0 heterocycles. The predicted octanol–water partition coefficient (Wildman–Crippen LogP) is 0.827. The number of aliphatic hydroxyl groups excluding tert-OH is 2. The van der Waals surface area contributed by atoms with Crippen molar-refractivity contribution in [1.29, 1.82) is 0 Å². The molecule has 0 aromatic heterocycles. The SMILES string of the molecule is O=Cc1cc(C(O)C(O)CCS)cc([N+](=O)[O-])c1O. The second kappa shape index (κ2) is 6.50. The van der Waals surface area contributed by atoms with Gasteiger partial charge in [0.25, 0.3) is 0 Å². The maximum atomic E-state index is 10.7. The van der Waals surface area contributed by atoms with Gasteiger partial charge in [-0.15, -0.1) is 0 Å². The van der Waals surface area contributed by atoms with Crippen LogP contribution in [0.15, 0.2) is 12.1 Å². The van der Waals surface area contributed by atoms with Crippen LogP contribution in [-0.4, -0.2) is 38.4 Å². The van der Waals surface area contributed by atoms with Gasteiger partial charge in [-0.2, -0.15) is 12.6 Å². The van der Waals surface area contributed by atoms with Crippen LogP contribution < -0.4 is 0 Å². The molecule has 8 heteroatoms. The van der Waals surface area contributed by atoms with Gasteiger partial charge in [-0.3, -0.25) is 14.9 Å². The largest absolute Gasteiger partial charge is 0.502 e. The molecule has 1 rings (SSSR count). The second-order valence-corrected chi connectivity index (χ2v) is 4.32. The molecule has 7 nitrogen and oxygen atoms in total. The summed E-state index contributed by atoms with van der Waals surface area (Å²) in [5.74, 6) is -0.446. The number of benzene rings is 1. The van der Waals surface area contributed by atoms with Crippen molar-refractivity contribution in [1.82, 2.24) is 0 Å². The summed E-state index contributed by atoms with van der Waals surface area (Å²) in [5, 5.41) is 39.7. The summed E-state index contributed by atoms with van der Waals surface area (Å²) in [6.07, 6.45) is -2.15. The second-order valence-electron chi connectivity index (χ2n) is 3.88. The molecule has 1 aromatic carbocycles. The van der Waals surface area contributed by atoms with Crippen molar-refractivity contribution >= 4 is 24.6 Å². The van der Waals surface area contributed by atoms with E-state index in [-0.39, 0.29) is 23.8 Å². The molecule has 104 valence electrons. The van der Waals surface area contributed by atoms with E-state index < -0.39 is 28.6 Å².